The standard InChI is InChI=1S/C17H10FN3O5/c18-10-6-4-9(5-7-10)14-13-15(26-19-14)17(23)20(16(13)22)11-2-1-3-12(8-11)21(24)25/h1-8,13,15H/t13-,15-/m1/s1. The molecule has 9 heteroatoms. The summed E-state index contributed by atoms with van der Waals surface area (Å²) in [5, 5.41) is 14.7. The maximum atomic E-state index is 13.1. The molecule has 0 spiro atoms. The first kappa shape index (κ1) is 15.9. The van der Waals surface area contributed by atoms with Gasteiger partial charge in [-0.05, 0) is 18.2 Å². The third kappa shape index (κ3) is 2.32. The minimum absolute atomic E-state index is 0.0886. The van der Waals surface area contributed by atoms with Gasteiger partial charge in [0.05, 0.1) is 10.6 Å². The third-order valence-corrected chi connectivity index (χ3v) is 4.25. The van der Waals surface area contributed by atoms with E-state index in [1.807, 2.05) is 0 Å². The van der Waals surface area contributed by atoms with Crippen molar-refractivity contribution in [2.24, 2.45) is 11.1 Å². The molecule has 4 rings (SSSR count). The van der Waals surface area contributed by atoms with Gasteiger partial charge in [0, 0.05) is 17.7 Å². The summed E-state index contributed by atoms with van der Waals surface area (Å²) in [6.07, 6.45) is -1.14. The molecule has 1 saturated heterocycles. The molecule has 2 heterocycles. The predicted molar refractivity (Wildman–Crippen MR) is 86.9 cm³/mol. The van der Waals surface area contributed by atoms with Crippen LogP contribution in [0.5, 0.6) is 0 Å². The van der Waals surface area contributed by atoms with Crippen LogP contribution in [0.25, 0.3) is 0 Å². The van der Waals surface area contributed by atoms with Crippen molar-refractivity contribution >= 4 is 28.9 Å². The van der Waals surface area contributed by atoms with E-state index in [-0.39, 0.29) is 17.1 Å². The Balaban J connectivity index is 1.70. The predicted octanol–water partition coefficient (Wildman–Crippen LogP) is 2.03. The lowest BCUT2D eigenvalue weighted by atomic mass is 9.94. The van der Waals surface area contributed by atoms with Crippen molar-refractivity contribution in [1.82, 2.24) is 0 Å². The van der Waals surface area contributed by atoms with Crippen molar-refractivity contribution in [3.63, 3.8) is 0 Å². The number of halogens is 1. The van der Waals surface area contributed by atoms with Gasteiger partial charge < -0.3 is 4.84 Å². The average Bonchev–Trinajstić information content (AvgIpc) is 3.16. The van der Waals surface area contributed by atoms with Crippen LogP contribution in [0.2, 0.25) is 0 Å². The molecule has 8 nitrogen and oxygen atoms in total. The van der Waals surface area contributed by atoms with E-state index in [0.717, 1.165) is 11.0 Å². The van der Waals surface area contributed by atoms with Gasteiger partial charge in [0.15, 0.2) is 0 Å². The minimum Gasteiger partial charge on any atom is -0.381 e. The lowest BCUT2D eigenvalue weighted by Crippen LogP contribution is -2.33. The fraction of sp³-hybridized carbons (Fsp3) is 0.118. The van der Waals surface area contributed by atoms with E-state index in [1.54, 1.807) is 0 Å². The number of imide groups is 1. The Bertz CT molecular complexity index is 973. The number of hydrogen-bond donors (Lipinski definition) is 0. The zero-order valence-electron chi connectivity index (χ0n) is 13.0. The van der Waals surface area contributed by atoms with E-state index < -0.39 is 34.6 Å². The van der Waals surface area contributed by atoms with Crippen molar-refractivity contribution in [3.05, 3.63) is 70.0 Å². The van der Waals surface area contributed by atoms with Gasteiger partial charge in [0.25, 0.3) is 11.6 Å². The molecular formula is C17H10FN3O5. The molecule has 2 atom stereocenters. The van der Waals surface area contributed by atoms with E-state index in [0.29, 0.717) is 5.56 Å². The second-order valence-electron chi connectivity index (χ2n) is 5.78. The smallest absolute Gasteiger partial charge is 0.278 e. The summed E-state index contributed by atoms with van der Waals surface area (Å²) in [4.78, 5) is 41.7. The van der Waals surface area contributed by atoms with Crippen LogP contribution in [0.4, 0.5) is 15.8 Å². The Morgan fingerprint density at radius 2 is 1.85 bits per heavy atom. The van der Waals surface area contributed by atoms with Crippen LogP contribution in [-0.2, 0) is 14.4 Å². The number of rotatable bonds is 3. The number of nitro benzene ring substituents is 1. The van der Waals surface area contributed by atoms with Crippen LogP contribution < -0.4 is 4.90 Å². The molecular weight excluding hydrogens is 345 g/mol. The van der Waals surface area contributed by atoms with Crippen LogP contribution in [0.1, 0.15) is 5.56 Å². The Morgan fingerprint density at radius 1 is 1.12 bits per heavy atom. The van der Waals surface area contributed by atoms with Gasteiger partial charge in [0.2, 0.25) is 12.0 Å². The number of carbonyl (C=O) groups is 2. The maximum absolute atomic E-state index is 13.1. The summed E-state index contributed by atoms with van der Waals surface area (Å²) in [5.74, 6) is -2.67. The van der Waals surface area contributed by atoms with E-state index in [4.69, 9.17) is 4.84 Å². The second kappa shape index (κ2) is 5.73. The number of amides is 2. The van der Waals surface area contributed by atoms with E-state index in [9.17, 15) is 24.1 Å². The van der Waals surface area contributed by atoms with Gasteiger partial charge in [-0.3, -0.25) is 19.7 Å². The van der Waals surface area contributed by atoms with Crippen LogP contribution >= 0.6 is 0 Å². The first-order chi connectivity index (χ1) is 12.5. The van der Waals surface area contributed by atoms with Gasteiger partial charge in [-0.25, -0.2) is 9.29 Å². The summed E-state index contributed by atoms with van der Waals surface area (Å²) in [6, 6.07) is 10.5. The van der Waals surface area contributed by atoms with Crippen LogP contribution in [0.3, 0.4) is 0 Å². The van der Waals surface area contributed by atoms with Gasteiger partial charge in [-0.15, -0.1) is 0 Å². The SMILES string of the molecule is O=C1[C@@H]2C(c3ccc(F)cc3)=NO[C@H]2C(=O)N1c1cccc([N+](=O)[O-])c1. The molecule has 0 N–H and O–H groups in total. The minimum atomic E-state index is -1.14. The fourth-order valence-electron chi connectivity index (χ4n) is 3.04. The largest absolute Gasteiger partial charge is 0.381 e. The van der Waals surface area contributed by atoms with E-state index in [1.165, 1.54) is 42.5 Å². The molecule has 0 aromatic heterocycles. The topological polar surface area (TPSA) is 102 Å². The van der Waals surface area contributed by atoms with Crippen molar-refractivity contribution in [3.8, 4) is 0 Å². The third-order valence-electron chi connectivity index (χ3n) is 4.25. The molecule has 0 radical (unpaired) electrons. The first-order valence-electron chi connectivity index (χ1n) is 7.59. The van der Waals surface area contributed by atoms with E-state index in [2.05, 4.69) is 5.16 Å². The van der Waals surface area contributed by atoms with Crippen molar-refractivity contribution in [2.75, 3.05) is 4.90 Å². The van der Waals surface area contributed by atoms with Gasteiger partial charge in [-0.2, -0.15) is 0 Å². The Labute approximate surface area is 145 Å². The number of fused-ring (bicyclic) bond motifs is 1. The lowest BCUT2D eigenvalue weighted by Gasteiger charge is -2.15. The highest BCUT2D eigenvalue weighted by Gasteiger charge is 2.56. The summed E-state index contributed by atoms with van der Waals surface area (Å²) in [7, 11) is 0. The number of non-ortho nitro benzene ring substituents is 1. The highest BCUT2D eigenvalue weighted by molar-refractivity contribution is 6.32. The zero-order chi connectivity index (χ0) is 18.4. The van der Waals surface area contributed by atoms with Gasteiger partial charge in [-0.1, -0.05) is 23.4 Å². The average molecular weight is 355 g/mol. The molecule has 2 aliphatic rings. The van der Waals surface area contributed by atoms with Gasteiger partial charge in [0.1, 0.15) is 17.4 Å². The molecule has 0 saturated carbocycles. The van der Waals surface area contributed by atoms with Gasteiger partial charge >= 0.3 is 0 Å². The van der Waals surface area contributed by atoms with Crippen molar-refractivity contribution in [2.45, 2.75) is 6.10 Å². The number of benzene rings is 2. The monoisotopic (exact) mass is 355 g/mol. The van der Waals surface area contributed by atoms with E-state index >= 15 is 0 Å². The number of oxime groups is 1. The molecule has 2 aromatic carbocycles. The molecule has 2 aromatic rings. The molecule has 0 unspecified atom stereocenters. The molecule has 2 amide bonds. The fourth-order valence-corrected chi connectivity index (χ4v) is 3.04. The van der Waals surface area contributed by atoms with Crippen molar-refractivity contribution < 1.29 is 23.7 Å². The van der Waals surface area contributed by atoms with Crippen LogP contribution in [0.15, 0.2) is 53.7 Å². The number of anilines is 1. The quantitative estimate of drug-likeness (QED) is 0.476. The normalized spacial score (nSPS) is 21.4. The molecule has 2 aliphatic heterocycles. The lowest BCUT2D eigenvalue weighted by molar-refractivity contribution is -0.384. The maximum Gasteiger partial charge on any atom is 0.278 e. The number of nitrogens with zero attached hydrogens (tertiary/aromatic N) is 3. The zero-order valence-corrected chi connectivity index (χ0v) is 13.0. The summed E-state index contributed by atoms with van der Waals surface area (Å²) in [6.45, 7) is 0. The van der Waals surface area contributed by atoms with Crippen molar-refractivity contribution in [1.29, 1.82) is 0 Å². The number of nitro groups is 1. The molecule has 26 heavy (non-hydrogen) atoms. The highest BCUT2D eigenvalue weighted by Crippen LogP contribution is 2.36. The molecule has 0 aliphatic carbocycles. The van der Waals surface area contributed by atoms with Crippen LogP contribution in [0, 0.1) is 21.8 Å². The molecule has 1 fully saturated rings. The second-order valence-corrected chi connectivity index (χ2v) is 5.78. The number of carbonyl (C=O) groups excluding carboxylic acids is 2. The Morgan fingerprint density at radius 3 is 2.54 bits per heavy atom. The highest BCUT2D eigenvalue weighted by atomic mass is 19.1. The number of hydrogen-bond acceptors (Lipinski definition) is 6. The summed E-state index contributed by atoms with van der Waals surface area (Å²) in [5.41, 5.74) is 0.529. The molecule has 130 valence electrons. The first-order valence-corrected chi connectivity index (χ1v) is 7.59. The Hall–Kier alpha value is -3.62. The summed E-state index contributed by atoms with van der Waals surface area (Å²) < 4.78 is 13.1. The summed E-state index contributed by atoms with van der Waals surface area (Å²) >= 11 is 0. The van der Waals surface area contributed by atoms with Crippen LogP contribution in [-0.4, -0.2) is 28.6 Å². The molecule has 0 bridgehead atoms. The Kier molecular flexibility index (Phi) is 3.50.